The molecule has 2 unspecified atom stereocenters. The Kier molecular flexibility index (Phi) is 4.83. The molecule has 2 aromatic rings. The Balaban J connectivity index is 1.76. The van der Waals surface area contributed by atoms with E-state index in [1.807, 2.05) is 44.4 Å². The van der Waals surface area contributed by atoms with Gasteiger partial charge in [-0.1, -0.05) is 72.6 Å². The molecule has 0 saturated heterocycles. The van der Waals surface area contributed by atoms with Crippen molar-refractivity contribution in [2.75, 3.05) is 27.2 Å². The van der Waals surface area contributed by atoms with E-state index in [2.05, 4.69) is 36.1 Å². The predicted octanol–water partition coefficient (Wildman–Crippen LogP) is 4.86. The lowest BCUT2D eigenvalue weighted by molar-refractivity contribution is 0.261. The van der Waals surface area contributed by atoms with Crippen LogP contribution in [-0.2, 0) is 5.41 Å². The van der Waals surface area contributed by atoms with Crippen molar-refractivity contribution < 1.29 is 4.74 Å². The molecule has 128 valence electrons. The average molecular weight is 364 g/mol. The SMILES string of the molecule is CN(C)CCOc1ccc(C2(C)C(c3ccccc3)C2(Cl)Cl)cc1. The molecule has 1 aliphatic carbocycles. The molecule has 2 atom stereocenters. The van der Waals surface area contributed by atoms with Crippen LogP contribution in [0.3, 0.4) is 0 Å². The molecule has 0 heterocycles. The lowest BCUT2D eigenvalue weighted by Gasteiger charge is -2.15. The van der Waals surface area contributed by atoms with Crippen LogP contribution in [0.15, 0.2) is 54.6 Å². The second-order valence-electron chi connectivity index (χ2n) is 6.85. The van der Waals surface area contributed by atoms with Gasteiger partial charge in [-0.3, -0.25) is 0 Å². The molecule has 4 heteroatoms. The summed E-state index contributed by atoms with van der Waals surface area (Å²) in [4.78, 5) is 2.10. The lowest BCUT2D eigenvalue weighted by Crippen LogP contribution is -2.19. The Hall–Kier alpha value is -1.22. The molecule has 0 N–H and O–H groups in total. The number of benzene rings is 2. The van der Waals surface area contributed by atoms with Gasteiger partial charge >= 0.3 is 0 Å². The van der Waals surface area contributed by atoms with E-state index in [1.54, 1.807) is 0 Å². The van der Waals surface area contributed by atoms with Crippen LogP contribution in [0.5, 0.6) is 5.75 Å². The fourth-order valence-electron chi connectivity index (χ4n) is 3.32. The van der Waals surface area contributed by atoms with Gasteiger partial charge < -0.3 is 9.64 Å². The van der Waals surface area contributed by atoms with Crippen LogP contribution in [0, 0.1) is 0 Å². The zero-order valence-electron chi connectivity index (χ0n) is 14.3. The highest BCUT2D eigenvalue weighted by molar-refractivity contribution is 6.53. The summed E-state index contributed by atoms with van der Waals surface area (Å²) < 4.78 is 4.97. The number of ether oxygens (including phenoxy) is 1. The van der Waals surface area contributed by atoms with E-state index in [9.17, 15) is 0 Å². The fraction of sp³-hybridized carbons (Fsp3) is 0.400. The number of halogens is 2. The van der Waals surface area contributed by atoms with Crippen molar-refractivity contribution in [2.24, 2.45) is 0 Å². The molecule has 1 fully saturated rings. The average Bonchev–Trinajstić information content (AvgIpc) is 3.02. The van der Waals surface area contributed by atoms with Gasteiger partial charge in [0.1, 0.15) is 16.7 Å². The van der Waals surface area contributed by atoms with E-state index in [0.29, 0.717) is 6.61 Å². The van der Waals surface area contributed by atoms with Crippen LogP contribution in [-0.4, -0.2) is 36.5 Å². The third-order valence-electron chi connectivity index (χ3n) is 4.94. The zero-order chi connectivity index (χ0) is 17.4. The van der Waals surface area contributed by atoms with E-state index in [1.165, 1.54) is 5.56 Å². The number of rotatable bonds is 6. The maximum absolute atomic E-state index is 6.67. The molecule has 2 nitrogen and oxygen atoms in total. The normalized spacial score (nSPS) is 24.8. The summed E-state index contributed by atoms with van der Waals surface area (Å²) in [5.74, 6) is 0.964. The minimum Gasteiger partial charge on any atom is -0.492 e. The molecule has 0 bridgehead atoms. The molecule has 24 heavy (non-hydrogen) atoms. The highest BCUT2D eigenvalue weighted by Crippen LogP contribution is 2.74. The summed E-state index contributed by atoms with van der Waals surface area (Å²) in [6.45, 7) is 3.69. The van der Waals surface area contributed by atoms with Gasteiger partial charge in [0, 0.05) is 17.9 Å². The van der Waals surface area contributed by atoms with Crippen molar-refractivity contribution in [1.29, 1.82) is 0 Å². The van der Waals surface area contributed by atoms with E-state index in [0.717, 1.165) is 17.9 Å². The fourth-order valence-corrected chi connectivity index (χ4v) is 4.34. The topological polar surface area (TPSA) is 12.5 Å². The van der Waals surface area contributed by atoms with Gasteiger partial charge in [0.05, 0.1) is 0 Å². The van der Waals surface area contributed by atoms with Crippen LogP contribution in [0.4, 0.5) is 0 Å². The molecular weight excluding hydrogens is 341 g/mol. The van der Waals surface area contributed by atoms with Gasteiger partial charge in [-0.2, -0.15) is 0 Å². The quantitative estimate of drug-likeness (QED) is 0.679. The number of hydrogen-bond acceptors (Lipinski definition) is 2. The van der Waals surface area contributed by atoms with Gasteiger partial charge in [-0.05, 0) is 37.4 Å². The van der Waals surface area contributed by atoms with Crippen LogP contribution >= 0.6 is 23.2 Å². The third-order valence-corrected chi connectivity index (χ3v) is 6.16. The molecule has 2 aromatic carbocycles. The molecule has 1 saturated carbocycles. The number of hydrogen-bond donors (Lipinski definition) is 0. The molecular formula is C20H23Cl2NO. The Bertz CT molecular complexity index is 685. The van der Waals surface area contributed by atoms with Crippen molar-refractivity contribution in [2.45, 2.75) is 22.6 Å². The largest absolute Gasteiger partial charge is 0.492 e. The molecule has 0 aliphatic heterocycles. The zero-order valence-corrected chi connectivity index (χ0v) is 15.8. The molecule has 0 aromatic heterocycles. The summed E-state index contributed by atoms with van der Waals surface area (Å²) in [5, 5.41) is 0. The Morgan fingerprint density at radius 1 is 1.00 bits per heavy atom. The van der Waals surface area contributed by atoms with Crippen molar-refractivity contribution in [3.05, 3.63) is 65.7 Å². The lowest BCUT2D eigenvalue weighted by atomic mass is 9.93. The minimum atomic E-state index is -0.790. The van der Waals surface area contributed by atoms with Crippen LogP contribution in [0.25, 0.3) is 0 Å². The summed E-state index contributed by atoms with van der Waals surface area (Å²) >= 11 is 13.3. The summed E-state index contributed by atoms with van der Waals surface area (Å²) in [6.07, 6.45) is 0. The van der Waals surface area contributed by atoms with Crippen LogP contribution in [0.1, 0.15) is 24.0 Å². The van der Waals surface area contributed by atoms with Gasteiger partial charge in [-0.25, -0.2) is 0 Å². The second kappa shape index (κ2) is 6.59. The van der Waals surface area contributed by atoms with Gasteiger partial charge in [0.2, 0.25) is 0 Å². The first kappa shape index (κ1) is 17.6. The number of nitrogens with zero attached hydrogens (tertiary/aromatic N) is 1. The van der Waals surface area contributed by atoms with Crippen LogP contribution in [0.2, 0.25) is 0 Å². The minimum absolute atomic E-state index is 0.0926. The molecule has 0 amide bonds. The second-order valence-corrected chi connectivity index (χ2v) is 8.23. The predicted molar refractivity (Wildman–Crippen MR) is 101 cm³/mol. The molecule has 0 radical (unpaired) electrons. The molecule has 1 aliphatic rings. The first-order chi connectivity index (χ1) is 11.4. The van der Waals surface area contributed by atoms with Gasteiger partial charge in [-0.15, -0.1) is 0 Å². The highest BCUT2D eigenvalue weighted by Gasteiger charge is 2.74. The van der Waals surface area contributed by atoms with Crippen molar-refractivity contribution in [1.82, 2.24) is 4.90 Å². The number of alkyl halides is 2. The Labute approximate surface area is 154 Å². The third kappa shape index (κ3) is 3.03. The number of likely N-dealkylation sites (N-methyl/N-ethyl adjacent to an activating group) is 1. The first-order valence-electron chi connectivity index (χ1n) is 8.18. The van der Waals surface area contributed by atoms with E-state index >= 15 is 0 Å². The van der Waals surface area contributed by atoms with Gasteiger partial charge in [0.15, 0.2) is 0 Å². The van der Waals surface area contributed by atoms with Crippen LogP contribution < -0.4 is 4.74 Å². The monoisotopic (exact) mass is 363 g/mol. The maximum atomic E-state index is 6.67. The maximum Gasteiger partial charge on any atom is 0.136 e. The van der Waals surface area contributed by atoms with Gasteiger partial charge in [0.25, 0.3) is 0 Å². The molecule has 3 rings (SSSR count). The van der Waals surface area contributed by atoms with E-state index in [-0.39, 0.29) is 11.3 Å². The van der Waals surface area contributed by atoms with Crippen molar-refractivity contribution >= 4 is 23.2 Å². The van der Waals surface area contributed by atoms with Crippen molar-refractivity contribution in [3.63, 3.8) is 0 Å². The first-order valence-corrected chi connectivity index (χ1v) is 8.94. The summed E-state index contributed by atoms with van der Waals surface area (Å²) in [6, 6.07) is 18.4. The standard InChI is InChI=1S/C20H23Cl2NO/c1-19(18(20(19,21)22)15-7-5-4-6-8-15)16-9-11-17(12-10-16)24-14-13-23(2)3/h4-12,18H,13-14H2,1-3H3. The van der Waals surface area contributed by atoms with E-state index < -0.39 is 4.33 Å². The Morgan fingerprint density at radius 3 is 2.21 bits per heavy atom. The van der Waals surface area contributed by atoms with Crippen molar-refractivity contribution in [3.8, 4) is 5.75 Å². The summed E-state index contributed by atoms with van der Waals surface area (Å²) in [7, 11) is 4.06. The van der Waals surface area contributed by atoms with E-state index in [4.69, 9.17) is 27.9 Å². The summed E-state index contributed by atoms with van der Waals surface area (Å²) in [5.41, 5.74) is 2.03. The highest BCUT2D eigenvalue weighted by atomic mass is 35.5. The molecule has 0 spiro atoms. The smallest absolute Gasteiger partial charge is 0.136 e. The Morgan fingerprint density at radius 2 is 1.62 bits per heavy atom.